The number of aliphatic hydroxyl groups is 7. The number of hydrogen-bond donors (Lipinski definition) is 7. The maximum Gasteiger partial charge on any atom is 0.306 e. The van der Waals surface area contributed by atoms with Crippen molar-refractivity contribution in [2.24, 2.45) is 0 Å². The van der Waals surface area contributed by atoms with Crippen molar-refractivity contribution in [3.8, 4) is 0 Å². The highest BCUT2D eigenvalue weighted by Crippen LogP contribution is 2.26. The van der Waals surface area contributed by atoms with Crippen LogP contribution < -0.4 is 0 Å². The van der Waals surface area contributed by atoms with Crippen molar-refractivity contribution in [2.45, 2.75) is 235 Å². The summed E-state index contributed by atoms with van der Waals surface area (Å²) in [5.74, 6) is -0.400. The zero-order valence-electron chi connectivity index (χ0n) is 43.4. The number of carbonyl (C=O) groups is 1. The first-order valence-corrected chi connectivity index (χ1v) is 27.2. The first kappa shape index (κ1) is 64.3. The molecule has 0 spiro atoms. The molecule has 0 aliphatic carbocycles. The Morgan fingerprint density at radius 2 is 0.915 bits per heavy atom. The van der Waals surface area contributed by atoms with Crippen LogP contribution in [0.25, 0.3) is 0 Å². The summed E-state index contributed by atoms with van der Waals surface area (Å²) in [5.41, 5.74) is 0. The van der Waals surface area contributed by atoms with Crippen molar-refractivity contribution < 1.29 is 69.0 Å². The van der Waals surface area contributed by atoms with Gasteiger partial charge in [-0.1, -0.05) is 157 Å². The summed E-state index contributed by atoms with van der Waals surface area (Å²) in [7, 11) is 0. The van der Waals surface area contributed by atoms with Gasteiger partial charge in [0, 0.05) is 13.0 Å². The minimum Gasteiger partial charge on any atom is -0.457 e. The summed E-state index contributed by atoms with van der Waals surface area (Å²) in [4.78, 5) is 13.0. The fourth-order valence-corrected chi connectivity index (χ4v) is 7.99. The normalized spacial score (nSPS) is 26.0. The molecule has 2 heterocycles. The molecule has 2 aliphatic rings. The predicted molar refractivity (Wildman–Crippen MR) is 279 cm³/mol. The number of rotatable bonds is 42. The SMILES string of the molecule is CC/C=C\C/C=C\C/C=C\C/C=C\C/C=C\C/C=C\CCCCCOCC(COC1OC(COC2OC(CO)C(O)C(O)C2O)C(O)C(O)C1O)OC(=O)CCCCCCC/C=C\CCCCCCCC. The van der Waals surface area contributed by atoms with Crippen molar-refractivity contribution in [1.82, 2.24) is 0 Å². The van der Waals surface area contributed by atoms with Crippen LogP contribution in [0.1, 0.15) is 168 Å². The van der Waals surface area contributed by atoms with Gasteiger partial charge < -0.3 is 64.2 Å². The molecule has 71 heavy (non-hydrogen) atoms. The van der Waals surface area contributed by atoms with Gasteiger partial charge in [0.2, 0.25) is 0 Å². The van der Waals surface area contributed by atoms with Gasteiger partial charge in [0.05, 0.1) is 26.4 Å². The average molecular weight is 1010 g/mol. The minimum absolute atomic E-state index is 0.0307. The van der Waals surface area contributed by atoms with Gasteiger partial charge in [-0.3, -0.25) is 4.79 Å². The molecule has 2 fully saturated rings. The van der Waals surface area contributed by atoms with Gasteiger partial charge in [-0.25, -0.2) is 0 Å². The van der Waals surface area contributed by atoms with Crippen LogP contribution in [0.4, 0.5) is 0 Å². The Balaban J connectivity index is 1.77. The Hall–Kier alpha value is -2.83. The number of unbranched alkanes of at least 4 members (excludes halogenated alkanes) is 14. The van der Waals surface area contributed by atoms with E-state index in [2.05, 4.69) is 98.9 Å². The highest BCUT2D eigenvalue weighted by molar-refractivity contribution is 5.69. The van der Waals surface area contributed by atoms with Crippen LogP contribution in [-0.2, 0) is 33.2 Å². The first-order valence-electron chi connectivity index (χ1n) is 27.2. The molecule has 0 bridgehead atoms. The highest BCUT2D eigenvalue weighted by Gasteiger charge is 2.47. The number of ether oxygens (including phenoxy) is 6. The molecule has 0 aromatic heterocycles. The van der Waals surface area contributed by atoms with Crippen LogP contribution in [0.3, 0.4) is 0 Å². The summed E-state index contributed by atoms with van der Waals surface area (Å²) in [5, 5.41) is 72.2. The second kappa shape index (κ2) is 43.6. The van der Waals surface area contributed by atoms with Gasteiger partial charge in [-0.2, -0.15) is 0 Å². The van der Waals surface area contributed by atoms with Gasteiger partial charge in [0.25, 0.3) is 0 Å². The van der Waals surface area contributed by atoms with Crippen molar-refractivity contribution in [2.75, 3.05) is 33.0 Å². The number of allylic oxidation sites excluding steroid dienone is 14. The third-order valence-corrected chi connectivity index (χ3v) is 12.4. The average Bonchev–Trinajstić information content (AvgIpc) is 3.37. The van der Waals surface area contributed by atoms with Crippen LogP contribution in [0.2, 0.25) is 0 Å². The molecule has 0 aromatic carbocycles. The molecule has 11 atom stereocenters. The maximum absolute atomic E-state index is 13.0. The van der Waals surface area contributed by atoms with Crippen molar-refractivity contribution in [3.05, 3.63) is 85.1 Å². The summed E-state index contributed by atoms with van der Waals surface area (Å²) in [6, 6.07) is 0. The summed E-state index contributed by atoms with van der Waals surface area (Å²) >= 11 is 0. The van der Waals surface area contributed by atoms with E-state index in [1.54, 1.807) is 0 Å². The first-order chi connectivity index (χ1) is 34.6. The van der Waals surface area contributed by atoms with Gasteiger partial charge in [-0.15, -0.1) is 0 Å². The van der Waals surface area contributed by atoms with E-state index in [4.69, 9.17) is 28.4 Å². The fraction of sp³-hybridized carbons (Fsp3) is 0.737. The smallest absolute Gasteiger partial charge is 0.306 e. The van der Waals surface area contributed by atoms with Crippen LogP contribution in [0, 0.1) is 0 Å². The molecule has 11 unspecified atom stereocenters. The van der Waals surface area contributed by atoms with Crippen molar-refractivity contribution in [3.63, 3.8) is 0 Å². The third kappa shape index (κ3) is 30.8. The Morgan fingerprint density at radius 1 is 0.479 bits per heavy atom. The highest BCUT2D eigenvalue weighted by atomic mass is 16.7. The van der Waals surface area contributed by atoms with Gasteiger partial charge in [0.1, 0.15) is 54.9 Å². The molecular formula is C57H96O14. The molecule has 0 radical (unpaired) electrons. The molecule has 408 valence electrons. The van der Waals surface area contributed by atoms with Gasteiger partial charge in [0.15, 0.2) is 12.6 Å². The largest absolute Gasteiger partial charge is 0.457 e. The number of hydrogen-bond acceptors (Lipinski definition) is 14. The van der Waals surface area contributed by atoms with Crippen LogP contribution in [-0.4, -0.2) is 142 Å². The monoisotopic (exact) mass is 1000 g/mol. The van der Waals surface area contributed by atoms with Gasteiger partial charge >= 0.3 is 5.97 Å². The van der Waals surface area contributed by atoms with Crippen LogP contribution in [0.5, 0.6) is 0 Å². The molecule has 7 N–H and O–H groups in total. The topological polar surface area (TPSA) is 214 Å². The maximum atomic E-state index is 13.0. The Morgan fingerprint density at radius 3 is 1.45 bits per heavy atom. The number of esters is 1. The van der Waals surface area contributed by atoms with E-state index in [1.165, 1.54) is 38.5 Å². The van der Waals surface area contributed by atoms with E-state index in [0.717, 1.165) is 103 Å². The molecule has 14 heteroatoms. The lowest BCUT2D eigenvalue weighted by Crippen LogP contribution is -2.61. The van der Waals surface area contributed by atoms with Crippen molar-refractivity contribution >= 4 is 5.97 Å². The summed E-state index contributed by atoms with van der Waals surface area (Å²) < 4.78 is 34.3. The molecular weight excluding hydrogens is 909 g/mol. The fourth-order valence-electron chi connectivity index (χ4n) is 7.99. The zero-order chi connectivity index (χ0) is 51.6. The lowest BCUT2D eigenvalue weighted by atomic mass is 9.98. The van der Waals surface area contributed by atoms with Crippen molar-refractivity contribution in [1.29, 1.82) is 0 Å². The van der Waals surface area contributed by atoms with E-state index in [0.29, 0.717) is 13.0 Å². The Bertz CT molecular complexity index is 1490. The van der Waals surface area contributed by atoms with Crippen LogP contribution >= 0.6 is 0 Å². The van der Waals surface area contributed by atoms with E-state index in [1.807, 2.05) is 0 Å². The standard InChI is InChI=1S/C57H96O14/c1-3-5-7-9-11-13-15-17-19-20-21-22-23-24-25-27-29-31-33-35-37-39-41-66-43-46(69-49(59)40-38-36-34-32-30-28-26-18-16-14-12-10-8-6-4-2)44-67-56-55(65)53(63)51(61)48(71-56)45-68-57-54(64)52(62)50(60)47(42-58)70-57/h5,7,11,13,17-19,21-22,24-26,29,31,46-48,50-58,60-65H,3-4,6,8-10,12,14-16,20,23,27-28,30,32-45H2,1-2H3/b7-5-,13-11-,19-17-,22-21-,25-24-,26-18-,31-29-. The van der Waals surface area contributed by atoms with E-state index < -0.39 is 86.7 Å². The second-order valence-corrected chi connectivity index (χ2v) is 18.7. The Kier molecular flexibility index (Phi) is 39.4. The molecule has 0 saturated carbocycles. The lowest BCUT2D eigenvalue weighted by Gasteiger charge is -2.42. The molecule has 2 aliphatic heterocycles. The molecule has 0 amide bonds. The van der Waals surface area contributed by atoms with Gasteiger partial charge in [-0.05, 0) is 89.9 Å². The van der Waals surface area contributed by atoms with E-state index >= 15 is 0 Å². The minimum atomic E-state index is -1.72. The quantitative estimate of drug-likeness (QED) is 0.0173. The molecule has 2 rings (SSSR count). The molecule has 2 saturated heterocycles. The molecule has 0 aromatic rings. The summed E-state index contributed by atoms with van der Waals surface area (Å²) in [6.45, 7) is 3.46. The lowest BCUT2D eigenvalue weighted by molar-refractivity contribution is -0.332. The Labute approximate surface area is 427 Å². The number of carbonyl (C=O) groups excluding carboxylic acids is 1. The van der Waals surface area contributed by atoms with E-state index in [-0.39, 0.29) is 19.6 Å². The summed E-state index contributed by atoms with van der Waals surface area (Å²) in [6.07, 6.45) is 39.3. The van der Waals surface area contributed by atoms with Crippen LogP contribution in [0.15, 0.2) is 85.1 Å². The van der Waals surface area contributed by atoms with E-state index in [9.17, 15) is 40.5 Å². The zero-order valence-corrected chi connectivity index (χ0v) is 43.4. The second-order valence-electron chi connectivity index (χ2n) is 18.7. The predicted octanol–water partition coefficient (Wildman–Crippen LogP) is 8.85. The number of aliphatic hydroxyl groups excluding tert-OH is 7. The third-order valence-electron chi connectivity index (χ3n) is 12.4. The molecule has 14 nitrogen and oxygen atoms in total.